The van der Waals surface area contributed by atoms with Crippen LogP contribution in [0.25, 0.3) is 0 Å². The molecule has 0 radical (unpaired) electrons. The Kier molecular flexibility index (Phi) is 3.60. The van der Waals surface area contributed by atoms with Gasteiger partial charge in [-0.3, -0.25) is 0 Å². The Balaban J connectivity index is 1.85. The lowest BCUT2D eigenvalue weighted by Crippen LogP contribution is -2.35. The van der Waals surface area contributed by atoms with Gasteiger partial charge in [-0.05, 0) is 66.1 Å². The molecule has 1 aliphatic carbocycles. The number of anilines is 1. The molecule has 3 rings (SSSR count). The van der Waals surface area contributed by atoms with Gasteiger partial charge in [0.15, 0.2) is 0 Å². The van der Waals surface area contributed by atoms with E-state index < -0.39 is 0 Å². The van der Waals surface area contributed by atoms with Crippen LogP contribution in [-0.4, -0.2) is 17.6 Å². The van der Waals surface area contributed by atoms with Gasteiger partial charge >= 0.3 is 0 Å². The van der Waals surface area contributed by atoms with Gasteiger partial charge in [-0.15, -0.1) is 0 Å². The Morgan fingerprint density at radius 1 is 1.22 bits per heavy atom. The highest BCUT2D eigenvalue weighted by Gasteiger charge is 2.34. The van der Waals surface area contributed by atoms with Gasteiger partial charge < -0.3 is 4.90 Å². The monoisotopic (exact) mass is 308 g/mol. The summed E-state index contributed by atoms with van der Waals surface area (Å²) < 4.78 is 1.16. The predicted octanol–water partition coefficient (Wildman–Crippen LogP) is 4.31. The normalized spacial score (nSPS) is 25.0. The number of pyridine rings is 1. The molecule has 2 fully saturated rings. The van der Waals surface area contributed by atoms with Crippen LogP contribution in [0, 0.1) is 12.8 Å². The Morgan fingerprint density at radius 3 is 2.72 bits per heavy atom. The number of aromatic nitrogens is 1. The summed E-state index contributed by atoms with van der Waals surface area (Å²) in [6, 6.07) is 2.92. The first kappa shape index (κ1) is 12.5. The fourth-order valence-electron chi connectivity index (χ4n) is 3.63. The zero-order valence-electron chi connectivity index (χ0n) is 11.0. The van der Waals surface area contributed by atoms with Crippen molar-refractivity contribution >= 4 is 21.7 Å². The lowest BCUT2D eigenvalue weighted by molar-refractivity contribution is 0.429. The quantitative estimate of drug-likeness (QED) is 0.809. The van der Waals surface area contributed by atoms with Crippen LogP contribution in [0.15, 0.2) is 16.7 Å². The second-order valence-electron chi connectivity index (χ2n) is 5.77. The van der Waals surface area contributed by atoms with Crippen LogP contribution in [0.5, 0.6) is 0 Å². The first-order chi connectivity index (χ1) is 8.75. The van der Waals surface area contributed by atoms with Gasteiger partial charge in [-0.2, -0.15) is 0 Å². The van der Waals surface area contributed by atoms with E-state index in [0.29, 0.717) is 0 Å². The van der Waals surface area contributed by atoms with Crippen LogP contribution in [-0.2, 0) is 0 Å². The first-order valence-electron chi connectivity index (χ1n) is 7.14. The second-order valence-corrected chi connectivity index (χ2v) is 6.62. The van der Waals surface area contributed by atoms with Gasteiger partial charge in [0.1, 0.15) is 5.82 Å². The molecule has 0 N–H and O–H groups in total. The van der Waals surface area contributed by atoms with Crippen LogP contribution in [0.4, 0.5) is 5.82 Å². The highest BCUT2D eigenvalue weighted by Crippen LogP contribution is 2.39. The van der Waals surface area contributed by atoms with E-state index in [1.807, 2.05) is 6.20 Å². The van der Waals surface area contributed by atoms with Crippen LogP contribution >= 0.6 is 15.9 Å². The molecule has 2 nitrogen and oxygen atoms in total. The summed E-state index contributed by atoms with van der Waals surface area (Å²) in [5.74, 6) is 2.07. The van der Waals surface area contributed by atoms with E-state index in [-0.39, 0.29) is 0 Å². The second kappa shape index (κ2) is 5.20. The van der Waals surface area contributed by atoms with E-state index in [0.717, 1.165) is 22.3 Å². The largest absolute Gasteiger partial charge is 0.352 e. The summed E-state index contributed by atoms with van der Waals surface area (Å²) in [6.45, 7) is 3.27. The zero-order valence-corrected chi connectivity index (χ0v) is 12.6. The summed E-state index contributed by atoms with van der Waals surface area (Å²) in [7, 11) is 0. The summed E-state index contributed by atoms with van der Waals surface area (Å²) in [5, 5.41) is 0. The number of rotatable bonds is 2. The molecule has 18 heavy (non-hydrogen) atoms. The molecule has 3 heteroatoms. The summed E-state index contributed by atoms with van der Waals surface area (Å²) in [4.78, 5) is 7.22. The van der Waals surface area contributed by atoms with Crippen LogP contribution in [0.3, 0.4) is 0 Å². The van der Waals surface area contributed by atoms with E-state index in [4.69, 9.17) is 0 Å². The minimum Gasteiger partial charge on any atom is -0.352 e. The Hall–Kier alpha value is -0.570. The molecule has 98 valence electrons. The fourth-order valence-corrected chi connectivity index (χ4v) is 4.32. The van der Waals surface area contributed by atoms with Gasteiger partial charge in [0, 0.05) is 18.8 Å². The Labute approximate surface area is 118 Å². The van der Waals surface area contributed by atoms with Crippen LogP contribution < -0.4 is 4.90 Å². The topological polar surface area (TPSA) is 16.1 Å². The van der Waals surface area contributed by atoms with Crippen molar-refractivity contribution < 1.29 is 0 Å². The average molecular weight is 309 g/mol. The third-order valence-corrected chi connectivity index (χ3v) is 5.06. The van der Waals surface area contributed by atoms with E-state index in [1.54, 1.807) is 0 Å². The highest BCUT2D eigenvalue weighted by atomic mass is 79.9. The molecule has 2 heterocycles. The van der Waals surface area contributed by atoms with Crippen molar-refractivity contribution in [2.75, 3.05) is 11.4 Å². The third-order valence-electron chi connectivity index (χ3n) is 4.47. The molecular weight excluding hydrogens is 288 g/mol. The molecule has 1 aromatic rings. The SMILES string of the molecule is Cc1cnc(N2CCCC2C2CCCC2)c(Br)c1. The molecule has 1 aromatic heterocycles. The number of hydrogen-bond acceptors (Lipinski definition) is 2. The molecule has 0 spiro atoms. The maximum atomic E-state index is 4.66. The number of halogens is 1. The van der Waals surface area contributed by atoms with Gasteiger partial charge in [0.25, 0.3) is 0 Å². The maximum Gasteiger partial charge on any atom is 0.143 e. The predicted molar refractivity (Wildman–Crippen MR) is 79.0 cm³/mol. The van der Waals surface area contributed by atoms with Crippen molar-refractivity contribution in [3.05, 3.63) is 22.3 Å². The Morgan fingerprint density at radius 2 is 2.00 bits per heavy atom. The van der Waals surface area contributed by atoms with Crippen LogP contribution in [0.1, 0.15) is 44.1 Å². The minimum atomic E-state index is 0.735. The molecule has 0 aromatic carbocycles. The van der Waals surface area contributed by atoms with Crippen molar-refractivity contribution in [3.63, 3.8) is 0 Å². The average Bonchev–Trinajstić information content (AvgIpc) is 2.98. The number of nitrogens with zero attached hydrogens (tertiary/aromatic N) is 2. The zero-order chi connectivity index (χ0) is 12.5. The van der Waals surface area contributed by atoms with Gasteiger partial charge in [-0.25, -0.2) is 4.98 Å². The van der Waals surface area contributed by atoms with Crippen molar-refractivity contribution in [2.45, 2.75) is 51.5 Å². The molecule has 1 saturated carbocycles. The molecule has 0 bridgehead atoms. The number of aryl methyl sites for hydroxylation is 1. The maximum absolute atomic E-state index is 4.66. The van der Waals surface area contributed by atoms with Gasteiger partial charge in [0.05, 0.1) is 4.47 Å². The molecule has 1 saturated heterocycles. The fraction of sp³-hybridized carbons (Fsp3) is 0.667. The standard InChI is InChI=1S/C15H21BrN2/c1-11-9-13(16)15(17-10-11)18-8-4-7-14(18)12-5-2-3-6-12/h9-10,12,14H,2-8H2,1H3. The van der Waals surface area contributed by atoms with E-state index in [2.05, 4.69) is 38.8 Å². The van der Waals surface area contributed by atoms with Crippen molar-refractivity contribution in [1.82, 2.24) is 4.98 Å². The van der Waals surface area contributed by atoms with Crippen molar-refractivity contribution in [1.29, 1.82) is 0 Å². The molecule has 2 aliphatic rings. The molecular formula is C15H21BrN2. The number of hydrogen-bond donors (Lipinski definition) is 0. The van der Waals surface area contributed by atoms with Crippen molar-refractivity contribution in [2.24, 2.45) is 5.92 Å². The summed E-state index contributed by atoms with van der Waals surface area (Å²) >= 11 is 3.69. The smallest absolute Gasteiger partial charge is 0.143 e. The highest BCUT2D eigenvalue weighted by molar-refractivity contribution is 9.10. The molecule has 1 aliphatic heterocycles. The van der Waals surface area contributed by atoms with Gasteiger partial charge in [0.2, 0.25) is 0 Å². The molecule has 0 amide bonds. The lowest BCUT2D eigenvalue weighted by atomic mass is 9.96. The third kappa shape index (κ3) is 2.29. The lowest BCUT2D eigenvalue weighted by Gasteiger charge is -2.31. The summed E-state index contributed by atoms with van der Waals surface area (Å²) in [5.41, 5.74) is 1.22. The minimum absolute atomic E-state index is 0.735. The van der Waals surface area contributed by atoms with E-state index in [1.165, 1.54) is 50.6 Å². The first-order valence-corrected chi connectivity index (χ1v) is 7.94. The molecule has 1 atom stereocenters. The van der Waals surface area contributed by atoms with Gasteiger partial charge in [-0.1, -0.05) is 12.8 Å². The summed E-state index contributed by atoms with van der Waals surface area (Å²) in [6.07, 6.45) is 10.4. The van der Waals surface area contributed by atoms with E-state index in [9.17, 15) is 0 Å². The molecule has 1 unspecified atom stereocenters. The van der Waals surface area contributed by atoms with Crippen molar-refractivity contribution in [3.8, 4) is 0 Å². The van der Waals surface area contributed by atoms with Crippen LogP contribution in [0.2, 0.25) is 0 Å². The Bertz CT molecular complexity index is 427. The van der Waals surface area contributed by atoms with E-state index >= 15 is 0 Å².